The summed E-state index contributed by atoms with van der Waals surface area (Å²) >= 11 is 3.61. The van der Waals surface area contributed by atoms with Crippen LogP contribution in [0.25, 0.3) is 0 Å². The van der Waals surface area contributed by atoms with Crippen LogP contribution in [0.3, 0.4) is 0 Å². The molecule has 0 aromatic heterocycles. The lowest BCUT2D eigenvalue weighted by atomic mass is 9.82. The maximum Gasteiger partial charge on any atom is 0.124 e. The van der Waals surface area contributed by atoms with Crippen molar-refractivity contribution in [2.45, 2.75) is 57.9 Å². The fourth-order valence-electron chi connectivity index (χ4n) is 3.52. The highest BCUT2D eigenvalue weighted by molar-refractivity contribution is 9.10. The van der Waals surface area contributed by atoms with Crippen LogP contribution < -0.4 is 10.1 Å². The summed E-state index contributed by atoms with van der Waals surface area (Å²) < 4.78 is 6.99. The Morgan fingerprint density at radius 3 is 2.48 bits per heavy atom. The van der Waals surface area contributed by atoms with Crippen molar-refractivity contribution in [2.75, 3.05) is 13.7 Å². The molecule has 1 atom stereocenters. The SMILES string of the molecule is CCOc1ccc(Br)cc1C(NC)C1CCCCCCC1. The third-order valence-electron chi connectivity index (χ3n) is 4.54. The monoisotopic (exact) mass is 353 g/mol. The lowest BCUT2D eigenvalue weighted by Crippen LogP contribution is -2.26. The van der Waals surface area contributed by atoms with Gasteiger partial charge in [-0.3, -0.25) is 0 Å². The lowest BCUT2D eigenvalue weighted by Gasteiger charge is -2.30. The van der Waals surface area contributed by atoms with Crippen LogP contribution in [-0.4, -0.2) is 13.7 Å². The van der Waals surface area contributed by atoms with E-state index in [1.165, 1.54) is 50.5 Å². The molecule has 3 heteroatoms. The van der Waals surface area contributed by atoms with Crippen LogP contribution in [-0.2, 0) is 0 Å². The predicted molar refractivity (Wildman–Crippen MR) is 92.9 cm³/mol. The quantitative estimate of drug-likeness (QED) is 0.757. The Hall–Kier alpha value is -0.540. The maximum absolute atomic E-state index is 5.86. The van der Waals surface area contributed by atoms with E-state index in [9.17, 15) is 0 Å². The molecule has 1 aliphatic rings. The van der Waals surface area contributed by atoms with E-state index >= 15 is 0 Å². The molecule has 118 valence electrons. The maximum atomic E-state index is 5.86. The van der Waals surface area contributed by atoms with Gasteiger partial charge >= 0.3 is 0 Å². The van der Waals surface area contributed by atoms with Crippen LogP contribution in [0.1, 0.15) is 63.5 Å². The van der Waals surface area contributed by atoms with Crippen molar-refractivity contribution < 1.29 is 4.74 Å². The summed E-state index contributed by atoms with van der Waals surface area (Å²) in [5.41, 5.74) is 1.30. The lowest BCUT2D eigenvalue weighted by molar-refractivity contribution is 0.283. The highest BCUT2D eigenvalue weighted by atomic mass is 79.9. The van der Waals surface area contributed by atoms with Crippen molar-refractivity contribution in [2.24, 2.45) is 5.92 Å². The van der Waals surface area contributed by atoms with Crippen LogP contribution >= 0.6 is 15.9 Å². The third-order valence-corrected chi connectivity index (χ3v) is 5.03. The van der Waals surface area contributed by atoms with E-state index in [2.05, 4.69) is 53.4 Å². The molecule has 0 saturated heterocycles. The zero-order valence-corrected chi connectivity index (χ0v) is 14.9. The predicted octanol–water partition coefficient (Wildman–Crippen LogP) is 5.47. The molecule has 1 N–H and O–H groups in total. The molecule has 2 nitrogen and oxygen atoms in total. The van der Waals surface area contributed by atoms with Crippen molar-refractivity contribution in [3.05, 3.63) is 28.2 Å². The normalized spacial score (nSPS) is 18.8. The number of rotatable bonds is 5. The molecule has 0 bridgehead atoms. The zero-order chi connectivity index (χ0) is 15.1. The first-order chi connectivity index (χ1) is 10.3. The van der Waals surface area contributed by atoms with E-state index in [0.717, 1.165) is 16.8 Å². The van der Waals surface area contributed by atoms with Crippen molar-refractivity contribution in [1.82, 2.24) is 5.32 Å². The molecule has 1 fully saturated rings. The van der Waals surface area contributed by atoms with Crippen molar-refractivity contribution in [3.8, 4) is 5.75 Å². The van der Waals surface area contributed by atoms with Crippen LogP contribution in [0.2, 0.25) is 0 Å². The van der Waals surface area contributed by atoms with Crippen LogP contribution in [0.4, 0.5) is 0 Å². The number of halogens is 1. The van der Waals surface area contributed by atoms with Gasteiger partial charge in [0.1, 0.15) is 5.75 Å². The van der Waals surface area contributed by atoms with Gasteiger partial charge in [-0.2, -0.15) is 0 Å². The second kappa shape index (κ2) is 8.79. The standard InChI is InChI=1S/C18H28BrNO/c1-3-21-17-12-11-15(19)13-16(17)18(20-2)14-9-7-5-4-6-8-10-14/h11-14,18,20H,3-10H2,1-2H3. The summed E-state index contributed by atoms with van der Waals surface area (Å²) in [4.78, 5) is 0. The first-order valence-electron chi connectivity index (χ1n) is 8.35. The van der Waals surface area contributed by atoms with Gasteiger partial charge in [0.2, 0.25) is 0 Å². The van der Waals surface area contributed by atoms with Gasteiger partial charge in [-0.1, -0.05) is 48.0 Å². The molecule has 1 aliphatic carbocycles. The van der Waals surface area contributed by atoms with Gasteiger partial charge < -0.3 is 10.1 Å². The minimum Gasteiger partial charge on any atom is -0.494 e. The van der Waals surface area contributed by atoms with E-state index in [0.29, 0.717) is 12.0 Å². The molecule has 1 saturated carbocycles. The number of ether oxygens (including phenoxy) is 1. The second-order valence-electron chi connectivity index (χ2n) is 5.99. The molecule has 2 rings (SSSR count). The van der Waals surface area contributed by atoms with Crippen molar-refractivity contribution >= 4 is 15.9 Å². The minimum atomic E-state index is 0.391. The van der Waals surface area contributed by atoms with Gasteiger partial charge in [-0.25, -0.2) is 0 Å². The van der Waals surface area contributed by atoms with E-state index in [1.807, 2.05) is 0 Å². The topological polar surface area (TPSA) is 21.3 Å². The zero-order valence-electron chi connectivity index (χ0n) is 13.3. The van der Waals surface area contributed by atoms with Crippen LogP contribution in [0, 0.1) is 5.92 Å². The average Bonchev–Trinajstić information content (AvgIpc) is 2.44. The smallest absolute Gasteiger partial charge is 0.124 e. The first-order valence-corrected chi connectivity index (χ1v) is 9.15. The molecule has 1 unspecified atom stereocenters. The summed E-state index contributed by atoms with van der Waals surface area (Å²) in [6.07, 6.45) is 9.57. The molecule has 0 heterocycles. The summed E-state index contributed by atoms with van der Waals surface area (Å²) in [6, 6.07) is 6.78. The average molecular weight is 354 g/mol. The Morgan fingerprint density at radius 2 is 1.86 bits per heavy atom. The van der Waals surface area contributed by atoms with Gasteiger partial charge in [0.05, 0.1) is 6.61 Å². The molecule has 0 aliphatic heterocycles. The van der Waals surface area contributed by atoms with Crippen molar-refractivity contribution in [3.63, 3.8) is 0 Å². The molecule has 1 aromatic carbocycles. The van der Waals surface area contributed by atoms with Gasteiger partial charge in [-0.05, 0) is 50.9 Å². The Bertz CT molecular complexity index is 427. The van der Waals surface area contributed by atoms with Crippen LogP contribution in [0.15, 0.2) is 22.7 Å². The highest BCUT2D eigenvalue weighted by Gasteiger charge is 2.25. The van der Waals surface area contributed by atoms with Gasteiger partial charge in [0.25, 0.3) is 0 Å². The van der Waals surface area contributed by atoms with E-state index in [-0.39, 0.29) is 0 Å². The van der Waals surface area contributed by atoms with Crippen LogP contribution in [0.5, 0.6) is 5.75 Å². The summed E-state index contributed by atoms with van der Waals surface area (Å²) in [6.45, 7) is 2.77. The van der Waals surface area contributed by atoms with Gasteiger partial charge in [0, 0.05) is 16.1 Å². The first kappa shape index (κ1) is 16.8. The molecule has 21 heavy (non-hydrogen) atoms. The fourth-order valence-corrected chi connectivity index (χ4v) is 3.89. The third kappa shape index (κ3) is 4.72. The van der Waals surface area contributed by atoms with E-state index in [1.54, 1.807) is 0 Å². The van der Waals surface area contributed by atoms with Gasteiger partial charge in [0.15, 0.2) is 0 Å². The largest absolute Gasteiger partial charge is 0.494 e. The number of hydrogen-bond donors (Lipinski definition) is 1. The fraction of sp³-hybridized carbons (Fsp3) is 0.667. The Balaban J connectivity index is 2.23. The summed E-state index contributed by atoms with van der Waals surface area (Å²) in [5, 5.41) is 3.56. The summed E-state index contributed by atoms with van der Waals surface area (Å²) in [5.74, 6) is 1.74. The number of hydrogen-bond acceptors (Lipinski definition) is 2. The highest BCUT2D eigenvalue weighted by Crippen LogP contribution is 2.37. The van der Waals surface area contributed by atoms with Crippen molar-refractivity contribution in [1.29, 1.82) is 0 Å². The molecular weight excluding hydrogens is 326 g/mol. The minimum absolute atomic E-state index is 0.391. The Kier molecular flexibility index (Phi) is 7.05. The summed E-state index contributed by atoms with van der Waals surface area (Å²) in [7, 11) is 2.08. The second-order valence-corrected chi connectivity index (χ2v) is 6.90. The van der Waals surface area contributed by atoms with E-state index in [4.69, 9.17) is 4.74 Å². The molecule has 1 aromatic rings. The molecule has 0 spiro atoms. The molecule has 0 radical (unpaired) electrons. The number of nitrogens with one attached hydrogen (secondary N) is 1. The van der Waals surface area contributed by atoms with E-state index < -0.39 is 0 Å². The molecule has 0 amide bonds. The Morgan fingerprint density at radius 1 is 1.19 bits per heavy atom. The van der Waals surface area contributed by atoms with Gasteiger partial charge in [-0.15, -0.1) is 0 Å². The number of benzene rings is 1. The Labute approximate surface area is 137 Å². The molecular formula is C18H28BrNO.